The molecular formula is C26H36N4O4. The zero-order valence-corrected chi connectivity index (χ0v) is 20.1. The molecule has 1 aliphatic heterocycles. The maximum Gasteiger partial charge on any atom is 0.270 e. The van der Waals surface area contributed by atoms with Gasteiger partial charge in [0.05, 0.1) is 6.54 Å². The first-order chi connectivity index (χ1) is 16.4. The minimum atomic E-state index is -0.719. The average molecular weight is 469 g/mol. The van der Waals surface area contributed by atoms with Gasteiger partial charge in [0.25, 0.3) is 11.8 Å². The van der Waals surface area contributed by atoms with E-state index in [9.17, 15) is 9.59 Å². The Morgan fingerprint density at radius 2 is 2.12 bits per heavy atom. The van der Waals surface area contributed by atoms with Crippen molar-refractivity contribution in [1.82, 2.24) is 10.2 Å². The summed E-state index contributed by atoms with van der Waals surface area (Å²) in [6.45, 7) is 4.90. The third-order valence-electron chi connectivity index (χ3n) is 5.93. The van der Waals surface area contributed by atoms with Gasteiger partial charge in [-0.1, -0.05) is 26.0 Å². The van der Waals surface area contributed by atoms with Gasteiger partial charge < -0.3 is 25.8 Å². The molecule has 0 saturated carbocycles. The van der Waals surface area contributed by atoms with E-state index in [0.717, 1.165) is 25.0 Å². The van der Waals surface area contributed by atoms with Crippen LogP contribution in [0.4, 0.5) is 0 Å². The summed E-state index contributed by atoms with van der Waals surface area (Å²) in [4.78, 5) is 31.4. The Morgan fingerprint density at radius 3 is 2.88 bits per heavy atom. The Balaban J connectivity index is 1.69. The lowest BCUT2D eigenvalue weighted by Crippen LogP contribution is -2.43. The summed E-state index contributed by atoms with van der Waals surface area (Å²) in [5, 5.41) is 11.8. The van der Waals surface area contributed by atoms with Gasteiger partial charge in [0.15, 0.2) is 0 Å². The first kappa shape index (κ1) is 25.5. The van der Waals surface area contributed by atoms with Crippen LogP contribution in [0.1, 0.15) is 50.7 Å². The highest BCUT2D eigenvalue weighted by Gasteiger charge is 2.35. The molecule has 34 heavy (non-hydrogen) atoms. The number of ether oxygens (including phenoxy) is 1. The van der Waals surface area contributed by atoms with Crippen LogP contribution in [0, 0.1) is 5.92 Å². The minimum Gasteiger partial charge on any atom is -0.459 e. The quantitative estimate of drug-likeness (QED) is 0.261. The van der Waals surface area contributed by atoms with E-state index < -0.39 is 11.9 Å². The van der Waals surface area contributed by atoms with Crippen molar-refractivity contribution in [3.8, 4) is 5.75 Å². The Kier molecular flexibility index (Phi) is 9.27. The van der Waals surface area contributed by atoms with Gasteiger partial charge in [0, 0.05) is 25.4 Å². The highest BCUT2D eigenvalue weighted by atomic mass is 16.5. The van der Waals surface area contributed by atoms with Gasteiger partial charge in [-0.15, -0.1) is 0 Å². The van der Waals surface area contributed by atoms with Crippen molar-refractivity contribution in [2.24, 2.45) is 16.6 Å². The molecule has 1 aliphatic carbocycles. The molecule has 1 aromatic rings. The molecule has 2 amide bonds. The van der Waals surface area contributed by atoms with Crippen LogP contribution in [0.5, 0.6) is 5.75 Å². The van der Waals surface area contributed by atoms with E-state index in [4.69, 9.17) is 15.6 Å². The summed E-state index contributed by atoms with van der Waals surface area (Å²) in [6.07, 6.45) is 9.98. The van der Waals surface area contributed by atoms with Crippen LogP contribution in [0.3, 0.4) is 0 Å². The van der Waals surface area contributed by atoms with Gasteiger partial charge in [-0.25, -0.2) is 0 Å². The number of rotatable bonds is 11. The maximum atomic E-state index is 13.0. The number of hydrogen-bond acceptors (Lipinski definition) is 5. The number of amides is 2. The first-order valence-electron chi connectivity index (χ1n) is 12.1. The predicted molar refractivity (Wildman–Crippen MR) is 132 cm³/mol. The van der Waals surface area contributed by atoms with Crippen molar-refractivity contribution in [2.45, 2.75) is 58.4 Å². The molecule has 184 valence electrons. The molecule has 8 heteroatoms. The van der Waals surface area contributed by atoms with Crippen molar-refractivity contribution < 1.29 is 19.4 Å². The van der Waals surface area contributed by atoms with Crippen LogP contribution >= 0.6 is 0 Å². The van der Waals surface area contributed by atoms with Crippen LogP contribution in [-0.4, -0.2) is 53.4 Å². The highest BCUT2D eigenvalue weighted by Crippen LogP contribution is 2.32. The fourth-order valence-electron chi connectivity index (χ4n) is 4.28. The Bertz CT molecular complexity index is 968. The third kappa shape index (κ3) is 6.93. The zero-order valence-electron chi connectivity index (χ0n) is 20.1. The Morgan fingerprint density at radius 1 is 1.32 bits per heavy atom. The molecule has 2 aliphatic rings. The van der Waals surface area contributed by atoms with Gasteiger partial charge >= 0.3 is 0 Å². The Labute approximate surface area is 201 Å². The number of carbonyl (C=O) groups excluding carboxylic acids is 2. The van der Waals surface area contributed by atoms with E-state index in [2.05, 4.69) is 16.4 Å². The summed E-state index contributed by atoms with van der Waals surface area (Å²) in [5.74, 6) is 0.865. The normalized spacial score (nSPS) is 17.2. The number of amidine groups is 1. The van der Waals surface area contributed by atoms with Gasteiger partial charge in [-0.2, -0.15) is 4.99 Å². The second-order valence-electron chi connectivity index (χ2n) is 9.16. The van der Waals surface area contributed by atoms with Gasteiger partial charge in [0.1, 0.15) is 23.4 Å². The average Bonchev–Trinajstić information content (AvgIpc) is 3.17. The lowest BCUT2D eigenvalue weighted by molar-refractivity contribution is -0.134. The predicted octanol–water partition coefficient (Wildman–Crippen LogP) is 2.45. The molecule has 1 heterocycles. The smallest absolute Gasteiger partial charge is 0.270 e. The summed E-state index contributed by atoms with van der Waals surface area (Å²) >= 11 is 0. The topological polar surface area (TPSA) is 117 Å². The maximum absolute atomic E-state index is 13.0. The number of benzene rings is 1. The number of hydrogen-bond donors (Lipinski definition) is 3. The van der Waals surface area contributed by atoms with Gasteiger partial charge in [-0.3, -0.25) is 9.59 Å². The summed E-state index contributed by atoms with van der Waals surface area (Å²) in [6, 6.07) is 5.35. The largest absolute Gasteiger partial charge is 0.459 e. The molecule has 1 atom stereocenters. The number of aliphatic hydroxyl groups is 1. The van der Waals surface area contributed by atoms with E-state index in [0.29, 0.717) is 25.1 Å². The van der Waals surface area contributed by atoms with Crippen LogP contribution in [-0.2, 0) is 22.4 Å². The molecular weight excluding hydrogens is 432 g/mol. The molecule has 0 bridgehead atoms. The molecule has 0 aromatic heterocycles. The Hall–Kier alpha value is -3.13. The van der Waals surface area contributed by atoms with Gasteiger partial charge in [0.2, 0.25) is 0 Å². The number of fused-ring (bicyclic) bond motifs is 1. The standard InChI is InChI=1S/C26H36N4O4/c1-18(2)15-22(26(33)29-24(27)11-13-28-12-6-14-31)30-17-20(16-25(30)32)34-23-10-5-8-19-7-3-4-9-21(19)23/h5,8,10-11,13,16,18,22,28,31H,3-4,6-7,9,12,14-15,17H2,1-2H3,(H2,27,29,33)/b13-11-. The number of nitrogens with zero attached hydrogens (tertiary/aromatic N) is 2. The summed E-state index contributed by atoms with van der Waals surface area (Å²) < 4.78 is 6.17. The fourth-order valence-corrected chi connectivity index (χ4v) is 4.28. The SMILES string of the molecule is CC(C)CC(C(=O)N=C(N)/C=C\NCCCO)N1CC(Oc2cccc3c2CCCC3)=CC1=O. The molecule has 3 rings (SSSR count). The van der Waals surface area contributed by atoms with E-state index in [-0.39, 0.29) is 30.8 Å². The summed E-state index contributed by atoms with van der Waals surface area (Å²) in [7, 11) is 0. The lowest BCUT2D eigenvalue weighted by atomic mass is 9.91. The van der Waals surface area contributed by atoms with Crippen molar-refractivity contribution in [1.29, 1.82) is 0 Å². The van der Waals surface area contributed by atoms with Crippen molar-refractivity contribution in [2.75, 3.05) is 19.7 Å². The zero-order chi connectivity index (χ0) is 24.5. The molecule has 0 saturated heterocycles. The molecule has 4 N–H and O–H groups in total. The highest BCUT2D eigenvalue weighted by molar-refractivity contribution is 6.03. The molecule has 0 radical (unpaired) electrons. The van der Waals surface area contributed by atoms with E-state index in [1.165, 1.54) is 34.6 Å². The molecule has 8 nitrogen and oxygen atoms in total. The number of aliphatic imine (C=N–C) groups is 1. The number of aryl methyl sites for hydroxylation is 1. The van der Waals surface area contributed by atoms with Crippen molar-refractivity contribution in [3.05, 3.63) is 53.4 Å². The first-order valence-corrected chi connectivity index (χ1v) is 12.1. The van der Waals surface area contributed by atoms with Gasteiger partial charge in [-0.05, 0) is 67.7 Å². The van der Waals surface area contributed by atoms with Crippen LogP contribution in [0.25, 0.3) is 0 Å². The molecule has 1 unspecified atom stereocenters. The van der Waals surface area contributed by atoms with Crippen molar-refractivity contribution >= 4 is 17.6 Å². The van der Waals surface area contributed by atoms with Crippen LogP contribution in [0.15, 0.2) is 47.3 Å². The van der Waals surface area contributed by atoms with E-state index in [1.54, 1.807) is 6.20 Å². The van der Waals surface area contributed by atoms with Crippen molar-refractivity contribution in [3.63, 3.8) is 0 Å². The molecule has 1 aromatic carbocycles. The lowest BCUT2D eigenvalue weighted by Gasteiger charge is -2.27. The van der Waals surface area contributed by atoms with Crippen LogP contribution < -0.4 is 15.8 Å². The van der Waals surface area contributed by atoms with Crippen LogP contribution in [0.2, 0.25) is 0 Å². The van der Waals surface area contributed by atoms with E-state index >= 15 is 0 Å². The fraction of sp³-hybridized carbons (Fsp3) is 0.500. The second-order valence-corrected chi connectivity index (χ2v) is 9.16. The monoisotopic (exact) mass is 468 g/mol. The summed E-state index contributed by atoms with van der Waals surface area (Å²) in [5.41, 5.74) is 8.42. The van der Waals surface area contributed by atoms with E-state index in [1.807, 2.05) is 26.0 Å². The molecule has 0 fully saturated rings. The third-order valence-corrected chi connectivity index (χ3v) is 5.93. The number of nitrogens with one attached hydrogen (secondary N) is 1. The minimum absolute atomic E-state index is 0.0576. The molecule has 0 spiro atoms. The number of carbonyl (C=O) groups is 2. The number of aliphatic hydroxyl groups excluding tert-OH is 1. The number of nitrogens with two attached hydrogens (primary N) is 1. The second kappa shape index (κ2) is 12.4.